The molecular formula is C21H30IN5O. The van der Waals surface area contributed by atoms with Crippen LogP contribution in [-0.2, 0) is 13.0 Å². The first-order valence-electron chi connectivity index (χ1n) is 9.56. The van der Waals surface area contributed by atoms with Crippen molar-refractivity contribution in [2.45, 2.75) is 25.8 Å². The lowest BCUT2D eigenvalue weighted by molar-refractivity contribution is 0.409. The standard InChI is InChI=1S/C21H29N5O.HI/c1-22-21(23-12-11-18-7-3-4-8-19(18)27-2)25-16-17-9-10-20(24-15-17)26-13-5-6-14-26;/h3-4,7-10,15H,5-6,11-14,16H2,1-2H3,(H2,22,23,25);1H. The van der Waals surface area contributed by atoms with Crippen molar-refractivity contribution in [2.75, 3.05) is 38.7 Å². The number of guanidine groups is 1. The first-order chi connectivity index (χ1) is 13.3. The van der Waals surface area contributed by atoms with Crippen LogP contribution in [0.1, 0.15) is 24.0 Å². The average molecular weight is 495 g/mol. The topological polar surface area (TPSA) is 61.8 Å². The lowest BCUT2D eigenvalue weighted by Gasteiger charge is -2.16. The van der Waals surface area contributed by atoms with Gasteiger partial charge < -0.3 is 20.3 Å². The Morgan fingerprint density at radius 3 is 2.61 bits per heavy atom. The highest BCUT2D eigenvalue weighted by atomic mass is 127. The van der Waals surface area contributed by atoms with Crippen molar-refractivity contribution in [3.63, 3.8) is 0 Å². The normalized spacial score (nSPS) is 13.8. The van der Waals surface area contributed by atoms with E-state index in [1.807, 2.05) is 24.4 Å². The quantitative estimate of drug-likeness (QED) is 0.351. The van der Waals surface area contributed by atoms with Crippen molar-refractivity contribution in [3.8, 4) is 5.75 Å². The van der Waals surface area contributed by atoms with E-state index in [1.54, 1.807) is 14.2 Å². The summed E-state index contributed by atoms with van der Waals surface area (Å²) in [6.07, 6.45) is 5.35. The number of anilines is 1. The van der Waals surface area contributed by atoms with Gasteiger partial charge in [-0.15, -0.1) is 24.0 Å². The maximum absolute atomic E-state index is 5.40. The Bertz CT molecular complexity index is 745. The number of aliphatic imine (C=N–C) groups is 1. The van der Waals surface area contributed by atoms with Crippen LogP contribution < -0.4 is 20.3 Å². The number of hydrogen-bond acceptors (Lipinski definition) is 4. The molecule has 2 heterocycles. The van der Waals surface area contributed by atoms with Gasteiger partial charge in [0.2, 0.25) is 0 Å². The lowest BCUT2D eigenvalue weighted by atomic mass is 10.1. The summed E-state index contributed by atoms with van der Waals surface area (Å²) in [4.78, 5) is 11.2. The molecule has 1 aromatic heterocycles. The lowest BCUT2D eigenvalue weighted by Crippen LogP contribution is -2.37. The number of halogens is 1. The summed E-state index contributed by atoms with van der Waals surface area (Å²) in [6, 6.07) is 12.3. The summed E-state index contributed by atoms with van der Waals surface area (Å²) in [5, 5.41) is 6.69. The smallest absolute Gasteiger partial charge is 0.191 e. The van der Waals surface area contributed by atoms with Crippen molar-refractivity contribution in [1.29, 1.82) is 0 Å². The molecule has 7 heteroatoms. The first kappa shape index (κ1) is 22.3. The fourth-order valence-electron chi connectivity index (χ4n) is 3.29. The molecule has 1 aliphatic rings. The number of nitrogens with zero attached hydrogens (tertiary/aromatic N) is 3. The van der Waals surface area contributed by atoms with E-state index in [1.165, 1.54) is 18.4 Å². The summed E-state index contributed by atoms with van der Waals surface area (Å²) < 4.78 is 5.40. The number of pyridine rings is 1. The van der Waals surface area contributed by atoms with Crippen LogP contribution in [-0.4, -0.2) is 44.7 Å². The Kier molecular flexibility index (Phi) is 9.33. The molecule has 28 heavy (non-hydrogen) atoms. The number of nitrogens with one attached hydrogen (secondary N) is 2. The minimum atomic E-state index is 0. The number of ether oxygens (including phenoxy) is 1. The fourth-order valence-corrected chi connectivity index (χ4v) is 3.29. The molecular weight excluding hydrogens is 465 g/mol. The molecule has 0 atom stereocenters. The van der Waals surface area contributed by atoms with Crippen LogP contribution >= 0.6 is 24.0 Å². The zero-order valence-electron chi connectivity index (χ0n) is 16.6. The van der Waals surface area contributed by atoms with Crippen molar-refractivity contribution >= 4 is 35.8 Å². The Labute approximate surface area is 184 Å². The Hall–Kier alpha value is -2.03. The van der Waals surface area contributed by atoms with Gasteiger partial charge in [0.25, 0.3) is 0 Å². The van der Waals surface area contributed by atoms with Gasteiger partial charge in [-0.25, -0.2) is 4.98 Å². The van der Waals surface area contributed by atoms with Crippen molar-refractivity contribution in [1.82, 2.24) is 15.6 Å². The predicted molar refractivity (Wildman–Crippen MR) is 126 cm³/mol. The zero-order chi connectivity index (χ0) is 18.9. The summed E-state index contributed by atoms with van der Waals surface area (Å²) >= 11 is 0. The fraction of sp³-hybridized carbons (Fsp3) is 0.429. The maximum Gasteiger partial charge on any atom is 0.191 e. The summed E-state index contributed by atoms with van der Waals surface area (Å²) in [5.41, 5.74) is 2.33. The summed E-state index contributed by atoms with van der Waals surface area (Å²) in [6.45, 7) is 3.72. The van der Waals surface area contributed by atoms with Crippen LogP contribution in [0.3, 0.4) is 0 Å². The van der Waals surface area contributed by atoms with E-state index in [4.69, 9.17) is 4.74 Å². The Morgan fingerprint density at radius 1 is 1.14 bits per heavy atom. The van der Waals surface area contributed by atoms with Crippen molar-refractivity contribution < 1.29 is 4.74 Å². The van der Waals surface area contributed by atoms with E-state index >= 15 is 0 Å². The molecule has 1 aliphatic heterocycles. The van der Waals surface area contributed by atoms with Gasteiger partial charge in [-0.05, 0) is 42.5 Å². The van der Waals surface area contributed by atoms with Gasteiger partial charge in [-0.2, -0.15) is 0 Å². The van der Waals surface area contributed by atoms with Gasteiger partial charge in [0.05, 0.1) is 7.11 Å². The van der Waals surface area contributed by atoms with Gasteiger partial charge in [-0.1, -0.05) is 24.3 Å². The average Bonchev–Trinajstić information content (AvgIpc) is 3.26. The highest BCUT2D eigenvalue weighted by Crippen LogP contribution is 2.18. The largest absolute Gasteiger partial charge is 0.496 e. The van der Waals surface area contributed by atoms with Crippen molar-refractivity contribution in [3.05, 3.63) is 53.7 Å². The number of para-hydroxylation sites is 1. The third-order valence-electron chi connectivity index (χ3n) is 4.80. The van der Waals surface area contributed by atoms with Crippen LogP contribution in [0, 0.1) is 0 Å². The van der Waals surface area contributed by atoms with E-state index in [2.05, 4.69) is 43.7 Å². The second-order valence-corrected chi connectivity index (χ2v) is 6.63. The molecule has 0 radical (unpaired) electrons. The predicted octanol–water partition coefficient (Wildman–Crippen LogP) is 3.22. The molecule has 1 aromatic carbocycles. The molecule has 0 amide bonds. The highest BCUT2D eigenvalue weighted by Gasteiger charge is 2.13. The number of benzene rings is 1. The molecule has 0 aliphatic carbocycles. The minimum absolute atomic E-state index is 0. The van der Waals surface area contributed by atoms with Gasteiger partial charge in [0.1, 0.15) is 11.6 Å². The second kappa shape index (κ2) is 11.7. The van der Waals surface area contributed by atoms with E-state index < -0.39 is 0 Å². The van der Waals surface area contributed by atoms with Crippen LogP contribution in [0.4, 0.5) is 5.82 Å². The van der Waals surface area contributed by atoms with Gasteiger partial charge in [0.15, 0.2) is 5.96 Å². The van der Waals surface area contributed by atoms with Crippen molar-refractivity contribution in [2.24, 2.45) is 4.99 Å². The van der Waals surface area contributed by atoms with Crippen LogP contribution in [0.2, 0.25) is 0 Å². The highest BCUT2D eigenvalue weighted by molar-refractivity contribution is 14.0. The van der Waals surface area contributed by atoms with Crippen LogP contribution in [0.5, 0.6) is 5.75 Å². The Morgan fingerprint density at radius 2 is 1.93 bits per heavy atom. The van der Waals surface area contributed by atoms with E-state index in [0.717, 1.165) is 49.1 Å². The third kappa shape index (κ3) is 6.25. The van der Waals surface area contributed by atoms with Gasteiger partial charge in [-0.3, -0.25) is 4.99 Å². The first-order valence-corrected chi connectivity index (χ1v) is 9.56. The third-order valence-corrected chi connectivity index (χ3v) is 4.80. The van der Waals surface area contributed by atoms with Gasteiger partial charge in [0, 0.05) is 39.4 Å². The second-order valence-electron chi connectivity index (χ2n) is 6.63. The molecule has 1 saturated heterocycles. The minimum Gasteiger partial charge on any atom is -0.496 e. The molecule has 6 nitrogen and oxygen atoms in total. The molecule has 3 rings (SSSR count). The molecule has 152 valence electrons. The van der Waals surface area contributed by atoms with Crippen LogP contribution in [0.25, 0.3) is 0 Å². The number of aromatic nitrogens is 1. The number of rotatable bonds is 7. The zero-order valence-corrected chi connectivity index (χ0v) is 19.0. The Balaban J connectivity index is 0.00000280. The number of hydrogen-bond donors (Lipinski definition) is 2. The molecule has 0 unspecified atom stereocenters. The molecule has 0 bridgehead atoms. The molecule has 1 fully saturated rings. The van der Waals surface area contributed by atoms with Crippen LogP contribution in [0.15, 0.2) is 47.6 Å². The maximum atomic E-state index is 5.40. The van der Waals surface area contributed by atoms with E-state index in [0.29, 0.717) is 6.54 Å². The van der Waals surface area contributed by atoms with E-state index in [9.17, 15) is 0 Å². The summed E-state index contributed by atoms with van der Waals surface area (Å²) in [7, 11) is 3.49. The van der Waals surface area contributed by atoms with Gasteiger partial charge >= 0.3 is 0 Å². The monoisotopic (exact) mass is 495 g/mol. The molecule has 2 N–H and O–H groups in total. The SMILES string of the molecule is CN=C(NCCc1ccccc1OC)NCc1ccc(N2CCCC2)nc1.I. The molecule has 0 saturated carbocycles. The summed E-state index contributed by atoms with van der Waals surface area (Å²) in [5.74, 6) is 2.79. The van der Waals surface area contributed by atoms with E-state index in [-0.39, 0.29) is 24.0 Å². The number of methoxy groups -OCH3 is 1. The molecule has 2 aromatic rings. The molecule has 0 spiro atoms.